The molecule has 0 aromatic carbocycles. The SMILES string of the molecule is CC1CCC(CCNC(C)CCc2ccco2)CC1. The van der Waals surface area contributed by atoms with E-state index in [9.17, 15) is 0 Å². The van der Waals surface area contributed by atoms with E-state index in [1.165, 1.54) is 38.6 Å². The molecule has 1 aliphatic carbocycles. The number of nitrogens with one attached hydrogen (secondary N) is 1. The molecule has 1 saturated carbocycles. The summed E-state index contributed by atoms with van der Waals surface area (Å²) in [7, 11) is 0. The van der Waals surface area contributed by atoms with Gasteiger partial charge in [-0.25, -0.2) is 0 Å². The molecule has 1 unspecified atom stereocenters. The van der Waals surface area contributed by atoms with Crippen LogP contribution in [0.25, 0.3) is 0 Å². The van der Waals surface area contributed by atoms with Crippen molar-refractivity contribution in [3.05, 3.63) is 24.2 Å². The largest absolute Gasteiger partial charge is 0.469 e. The molecule has 1 atom stereocenters. The lowest BCUT2D eigenvalue weighted by molar-refractivity contribution is 0.272. The molecule has 2 nitrogen and oxygen atoms in total. The number of furan rings is 1. The highest BCUT2D eigenvalue weighted by atomic mass is 16.3. The van der Waals surface area contributed by atoms with Crippen molar-refractivity contribution >= 4 is 0 Å². The Labute approximate surface area is 118 Å². The molecular formula is C17H29NO. The minimum atomic E-state index is 0.590. The molecule has 0 aliphatic heterocycles. The van der Waals surface area contributed by atoms with Gasteiger partial charge in [-0.2, -0.15) is 0 Å². The van der Waals surface area contributed by atoms with Crippen molar-refractivity contribution in [1.82, 2.24) is 5.32 Å². The summed E-state index contributed by atoms with van der Waals surface area (Å²) in [5, 5.41) is 3.66. The van der Waals surface area contributed by atoms with Gasteiger partial charge in [-0.05, 0) is 50.3 Å². The van der Waals surface area contributed by atoms with Crippen LogP contribution in [0.1, 0.15) is 58.1 Å². The average Bonchev–Trinajstić information content (AvgIpc) is 2.92. The van der Waals surface area contributed by atoms with E-state index in [4.69, 9.17) is 4.42 Å². The Kier molecular flexibility index (Phi) is 5.96. The van der Waals surface area contributed by atoms with Gasteiger partial charge < -0.3 is 9.73 Å². The number of hydrogen-bond acceptors (Lipinski definition) is 2. The van der Waals surface area contributed by atoms with Gasteiger partial charge in [0.1, 0.15) is 5.76 Å². The van der Waals surface area contributed by atoms with Gasteiger partial charge in [-0.15, -0.1) is 0 Å². The fraction of sp³-hybridized carbons (Fsp3) is 0.765. The Morgan fingerprint density at radius 2 is 2.11 bits per heavy atom. The first-order valence-corrected chi connectivity index (χ1v) is 8.00. The van der Waals surface area contributed by atoms with Crippen molar-refractivity contribution in [1.29, 1.82) is 0 Å². The zero-order chi connectivity index (χ0) is 13.5. The summed E-state index contributed by atoms with van der Waals surface area (Å²) in [6.07, 6.45) is 11.1. The van der Waals surface area contributed by atoms with Gasteiger partial charge in [0.15, 0.2) is 0 Å². The van der Waals surface area contributed by atoms with E-state index >= 15 is 0 Å². The highest BCUT2D eigenvalue weighted by Crippen LogP contribution is 2.29. The molecule has 1 N–H and O–H groups in total. The van der Waals surface area contributed by atoms with Crippen LogP contribution in [-0.2, 0) is 6.42 Å². The first kappa shape index (κ1) is 14.6. The quantitative estimate of drug-likeness (QED) is 0.788. The Hall–Kier alpha value is -0.760. The monoisotopic (exact) mass is 263 g/mol. The van der Waals surface area contributed by atoms with Crippen molar-refractivity contribution in [2.45, 2.75) is 64.8 Å². The van der Waals surface area contributed by atoms with Gasteiger partial charge in [0.05, 0.1) is 6.26 Å². The van der Waals surface area contributed by atoms with E-state index in [0.29, 0.717) is 6.04 Å². The lowest BCUT2D eigenvalue weighted by Crippen LogP contribution is -2.29. The van der Waals surface area contributed by atoms with Gasteiger partial charge >= 0.3 is 0 Å². The maximum Gasteiger partial charge on any atom is 0.103 e. The molecule has 1 fully saturated rings. The summed E-state index contributed by atoms with van der Waals surface area (Å²) < 4.78 is 5.37. The summed E-state index contributed by atoms with van der Waals surface area (Å²) in [5.74, 6) is 3.05. The summed E-state index contributed by atoms with van der Waals surface area (Å²) >= 11 is 0. The van der Waals surface area contributed by atoms with E-state index in [1.54, 1.807) is 6.26 Å². The van der Waals surface area contributed by atoms with Crippen LogP contribution in [-0.4, -0.2) is 12.6 Å². The van der Waals surface area contributed by atoms with Crippen LogP contribution in [0.15, 0.2) is 22.8 Å². The lowest BCUT2D eigenvalue weighted by atomic mass is 9.81. The molecule has 2 heteroatoms. The Morgan fingerprint density at radius 3 is 2.79 bits per heavy atom. The molecule has 0 radical (unpaired) electrons. The van der Waals surface area contributed by atoms with Gasteiger partial charge in [0, 0.05) is 12.5 Å². The fourth-order valence-electron chi connectivity index (χ4n) is 3.07. The van der Waals surface area contributed by atoms with E-state index in [-0.39, 0.29) is 0 Å². The second kappa shape index (κ2) is 7.74. The fourth-order valence-corrected chi connectivity index (χ4v) is 3.07. The summed E-state index contributed by atoms with van der Waals surface area (Å²) in [6.45, 7) is 5.86. The molecular weight excluding hydrogens is 234 g/mol. The minimum absolute atomic E-state index is 0.590. The molecule has 108 valence electrons. The number of rotatable bonds is 7. The van der Waals surface area contributed by atoms with E-state index < -0.39 is 0 Å². The topological polar surface area (TPSA) is 25.2 Å². The predicted octanol–water partition coefficient (Wildman–Crippen LogP) is 4.41. The molecule has 0 amide bonds. The third kappa shape index (κ3) is 5.40. The summed E-state index contributed by atoms with van der Waals surface area (Å²) in [4.78, 5) is 0. The third-order valence-electron chi connectivity index (χ3n) is 4.58. The van der Waals surface area contributed by atoms with Crippen LogP contribution >= 0.6 is 0 Å². The maximum atomic E-state index is 5.37. The zero-order valence-corrected chi connectivity index (χ0v) is 12.5. The summed E-state index contributed by atoms with van der Waals surface area (Å²) in [5.41, 5.74) is 0. The Morgan fingerprint density at radius 1 is 1.32 bits per heavy atom. The Bertz CT molecular complexity index is 325. The minimum Gasteiger partial charge on any atom is -0.469 e. The van der Waals surface area contributed by atoms with Gasteiger partial charge in [-0.1, -0.05) is 32.6 Å². The molecule has 2 rings (SSSR count). The van der Waals surface area contributed by atoms with Crippen LogP contribution < -0.4 is 5.32 Å². The predicted molar refractivity (Wildman–Crippen MR) is 80.2 cm³/mol. The average molecular weight is 263 g/mol. The van der Waals surface area contributed by atoms with Crippen LogP contribution in [0.2, 0.25) is 0 Å². The van der Waals surface area contributed by atoms with Crippen molar-refractivity contribution in [2.75, 3.05) is 6.54 Å². The molecule has 1 heterocycles. The Balaban J connectivity index is 1.52. The van der Waals surface area contributed by atoms with E-state index in [2.05, 4.69) is 25.2 Å². The van der Waals surface area contributed by atoms with Crippen molar-refractivity contribution in [2.24, 2.45) is 11.8 Å². The van der Waals surface area contributed by atoms with Gasteiger partial charge in [0.25, 0.3) is 0 Å². The second-order valence-corrected chi connectivity index (χ2v) is 6.39. The highest BCUT2D eigenvalue weighted by molar-refractivity contribution is 4.98. The zero-order valence-electron chi connectivity index (χ0n) is 12.5. The molecule has 1 aliphatic rings. The van der Waals surface area contributed by atoms with Crippen molar-refractivity contribution in [3.63, 3.8) is 0 Å². The van der Waals surface area contributed by atoms with E-state index in [1.807, 2.05) is 6.07 Å². The molecule has 1 aromatic heterocycles. The first-order valence-electron chi connectivity index (χ1n) is 8.00. The molecule has 0 spiro atoms. The third-order valence-corrected chi connectivity index (χ3v) is 4.58. The molecule has 0 saturated heterocycles. The van der Waals surface area contributed by atoms with Crippen LogP contribution in [0.3, 0.4) is 0 Å². The van der Waals surface area contributed by atoms with Crippen LogP contribution in [0.5, 0.6) is 0 Å². The standard InChI is InChI=1S/C17H29NO/c1-14-5-8-16(9-6-14)11-12-18-15(2)7-10-17-4-3-13-19-17/h3-4,13-16,18H,5-12H2,1-2H3. The molecule has 0 bridgehead atoms. The van der Waals surface area contributed by atoms with Crippen LogP contribution in [0.4, 0.5) is 0 Å². The summed E-state index contributed by atoms with van der Waals surface area (Å²) in [6, 6.07) is 4.63. The number of hydrogen-bond donors (Lipinski definition) is 1. The van der Waals surface area contributed by atoms with E-state index in [0.717, 1.165) is 30.4 Å². The van der Waals surface area contributed by atoms with Gasteiger partial charge in [-0.3, -0.25) is 0 Å². The smallest absolute Gasteiger partial charge is 0.103 e. The van der Waals surface area contributed by atoms with Crippen molar-refractivity contribution < 1.29 is 4.42 Å². The van der Waals surface area contributed by atoms with Crippen molar-refractivity contribution in [3.8, 4) is 0 Å². The normalized spacial score (nSPS) is 25.4. The van der Waals surface area contributed by atoms with Crippen LogP contribution in [0, 0.1) is 11.8 Å². The maximum absolute atomic E-state index is 5.37. The lowest BCUT2D eigenvalue weighted by Gasteiger charge is -2.26. The first-order chi connectivity index (χ1) is 9.24. The van der Waals surface area contributed by atoms with Gasteiger partial charge in [0.2, 0.25) is 0 Å². The second-order valence-electron chi connectivity index (χ2n) is 6.39. The molecule has 1 aromatic rings. The number of aryl methyl sites for hydroxylation is 1. The highest BCUT2D eigenvalue weighted by Gasteiger charge is 2.17. The molecule has 19 heavy (non-hydrogen) atoms.